The summed E-state index contributed by atoms with van der Waals surface area (Å²) in [5, 5.41) is 14.5. The molecule has 0 radical (unpaired) electrons. The second-order valence-electron chi connectivity index (χ2n) is 3.54. The zero-order valence-corrected chi connectivity index (χ0v) is 10.0. The van der Waals surface area contributed by atoms with Crippen LogP contribution >= 0.6 is 11.3 Å². The van der Waals surface area contributed by atoms with E-state index in [0.717, 1.165) is 15.8 Å². The van der Waals surface area contributed by atoms with Gasteiger partial charge in [-0.1, -0.05) is 11.3 Å². The first-order valence-electron chi connectivity index (χ1n) is 4.77. The molecule has 0 atom stereocenters. The zero-order valence-electron chi connectivity index (χ0n) is 9.20. The fraction of sp³-hybridized carbons (Fsp3) is 0.300. The summed E-state index contributed by atoms with van der Waals surface area (Å²) in [4.78, 5) is 14.8. The average molecular weight is 237 g/mol. The molecule has 1 aromatic carbocycles. The molecule has 2 aromatic rings. The molecule has 0 aliphatic carbocycles. The van der Waals surface area contributed by atoms with Gasteiger partial charge in [-0.05, 0) is 25.0 Å². The Morgan fingerprint density at radius 3 is 2.75 bits per heavy atom. The molecule has 0 aliphatic heterocycles. The predicted octanol–water partition coefficient (Wildman–Crippen LogP) is 2.86. The van der Waals surface area contributed by atoms with E-state index in [1.807, 2.05) is 13.8 Å². The Balaban J connectivity index is 2.86. The number of fused-ring (bicyclic) bond motifs is 1. The first kappa shape index (κ1) is 10.8. The maximum absolute atomic E-state index is 10.9. The summed E-state index contributed by atoms with van der Waals surface area (Å²) >= 11 is 1.44. The molecule has 0 aliphatic rings. The van der Waals surface area contributed by atoms with E-state index < -0.39 is 0 Å². The van der Waals surface area contributed by atoms with Crippen LogP contribution in [0, 0.1) is 24.0 Å². The molecule has 0 unspecified atom stereocenters. The van der Waals surface area contributed by atoms with Crippen LogP contribution < -0.4 is 5.32 Å². The van der Waals surface area contributed by atoms with E-state index in [0.29, 0.717) is 10.6 Å². The van der Waals surface area contributed by atoms with Crippen molar-refractivity contribution in [2.45, 2.75) is 13.8 Å². The lowest BCUT2D eigenvalue weighted by molar-refractivity contribution is -0.383. The van der Waals surface area contributed by atoms with Gasteiger partial charge in [-0.3, -0.25) is 10.1 Å². The van der Waals surface area contributed by atoms with Gasteiger partial charge in [-0.15, -0.1) is 0 Å². The zero-order chi connectivity index (χ0) is 11.9. The lowest BCUT2D eigenvalue weighted by Gasteiger charge is -2.00. The van der Waals surface area contributed by atoms with Crippen LogP contribution in [0.1, 0.15) is 11.1 Å². The number of benzene rings is 1. The van der Waals surface area contributed by atoms with Crippen LogP contribution in [0.15, 0.2) is 6.07 Å². The molecular weight excluding hydrogens is 226 g/mol. The number of nitro benzene ring substituents is 1. The van der Waals surface area contributed by atoms with E-state index in [2.05, 4.69) is 10.3 Å². The van der Waals surface area contributed by atoms with E-state index in [1.54, 1.807) is 13.1 Å². The van der Waals surface area contributed by atoms with Crippen LogP contribution in [0.3, 0.4) is 0 Å². The van der Waals surface area contributed by atoms with Crippen molar-refractivity contribution in [1.29, 1.82) is 0 Å². The van der Waals surface area contributed by atoms with Crippen molar-refractivity contribution >= 4 is 32.4 Å². The number of hydrogen-bond donors (Lipinski definition) is 1. The largest absolute Gasteiger partial charge is 0.365 e. The molecule has 1 aromatic heterocycles. The Morgan fingerprint density at radius 2 is 2.19 bits per heavy atom. The number of rotatable bonds is 2. The summed E-state index contributed by atoms with van der Waals surface area (Å²) in [7, 11) is 1.76. The van der Waals surface area contributed by atoms with Crippen molar-refractivity contribution in [2.75, 3.05) is 12.4 Å². The standard InChI is InChI=1S/C10H11N3O2S/c1-5-4-7(13(14)15)8-9(6(5)2)16-10(11-3)12-8/h4H,1-3H3,(H,11,12). The first-order chi connectivity index (χ1) is 7.54. The molecule has 0 amide bonds. The van der Waals surface area contributed by atoms with Gasteiger partial charge in [0.25, 0.3) is 5.69 Å². The van der Waals surface area contributed by atoms with Crippen LogP contribution in [0.5, 0.6) is 0 Å². The number of nitrogens with one attached hydrogen (secondary N) is 1. The Kier molecular flexibility index (Phi) is 2.51. The molecule has 5 nitrogen and oxygen atoms in total. The topological polar surface area (TPSA) is 68.1 Å². The van der Waals surface area contributed by atoms with Gasteiger partial charge in [0.05, 0.1) is 9.62 Å². The van der Waals surface area contributed by atoms with Gasteiger partial charge in [0, 0.05) is 13.1 Å². The Bertz CT molecular complexity index is 577. The summed E-state index contributed by atoms with van der Waals surface area (Å²) in [6.07, 6.45) is 0. The smallest absolute Gasteiger partial charge is 0.296 e. The minimum Gasteiger partial charge on any atom is -0.365 e. The monoisotopic (exact) mass is 237 g/mol. The number of aryl methyl sites for hydroxylation is 2. The number of aromatic nitrogens is 1. The second-order valence-corrected chi connectivity index (χ2v) is 4.54. The fourth-order valence-electron chi connectivity index (χ4n) is 1.55. The molecule has 1 N–H and O–H groups in total. The van der Waals surface area contributed by atoms with E-state index in [-0.39, 0.29) is 10.6 Å². The molecule has 2 rings (SSSR count). The average Bonchev–Trinajstić information content (AvgIpc) is 2.67. The first-order valence-corrected chi connectivity index (χ1v) is 5.59. The highest BCUT2D eigenvalue weighted by Crippen LogP contribution is 2.36. The van der Waals surface area contributed by atoms with E-state index in [9.17, 15) is 10.1 Å². The highest BCUT2D eigenvalue weighted by Gasteiger charge is 2.19. The number of non-ortho nitro benzene ring substituents is 1. The molecule has 1 heterocycles. The Labute approximate surface area is 96.3 Å². The maximum atomic E-state index is 10.9. The van der Waals surface area contributed by atoms with Crippen LogP contribution in [-0.2, 0) is 0 Å². The summed E-state index contributed by atoms with van der Waals surface area (Å²) in [5.74, 6) is 0. The van der Waals surface area contributed by atoms with Crippen molar-refractivity contribution in [1.82, 2.24) is 4.98 Å². The van der Waals surface area contributed by atoms with Gasteiger partial charge in [0.15, 0.2) is 10.6 Å². The van der Waals surface area contributed by atoms with Crippen molar-refractivity contribution in [3.05, 3.63) is 27.3 Å². The third-order valence-corrected chi connectivity index (χ3v) is 3.76. The summed E-state index contributed by atoms with van der Waals surface area (Å²) in [6, 6.07) is 1.58. The molecule has 0 saturated heterocycles. The van der Waals surface area contributed by atoms with Crippen molar-refractivity contribution < 1.29 is 4.92 Å². The van der Waals surface area contributed by atoms with Gasteiger partial charge in [-0.25, -0.2) is 4.98 Å². The summed E-state index contributed by atoms with van der Waals surface area (Å²) in [6.45, 7) is 3.83. The number of anilines is 1. The van der Waals surface area contributed by atoms with Gasteiger partial charge in [0.1, 0.15) is 0 Å². The summed E-state index contributed by atoms with van der Waals surface area (Å²) < 4.78 is 0.885. The highest BCUT2D eigenvalue weighted by molar-refractivity contribution is 7.22. The fourth-order valence-corrected chi connectivity index (χ4v) is 2.55. The van der Waals surface area contributed by atoms with Gasteiger partial charge in [-0.2, -0.15) is 0 Å². The lowest BCUT2D eigenvalue weighted by atomic mass is 10.1. The molecule has 0 bridgehead atoms. The minimum atomic E-state index is -0.381. The van der Waals surface area contributed by atoms with Crippen LogP contribution in [-0.4, -0.2) is 17.0 Å². The van der Waals surface area contributed by atoms with Crippen molar-refractivity contribution in [3.63, 3.8) is 0 Å². The number of nitrogens with zero attached hydrogens (tertiary/aromatic N) is 2. The minimum absolute atomic E-state index is 0.0795. The number of thiazole rings is 1. The Hall–Kier alpha value is -1.69. The second kappa shape index (κ2) is 3.71. The molecule has 0 saturated carbocycles. The molecule has 0 spiro atoms. The number of nitro groups is 1. The third kappa shape index (κ3) is 1.51. The van der Waals surface area contributed by atoms with Gasteiger partial charge in [0.2, 0.25) is 0 Å². The van der Waals surface area contributed by atoms with Gasteiger partial charge < -0.3 is 5.32 Å². The molecule has 0 fully saturated rings. The van der Waals surface area contributed by atoms with Crippen LogP contribution in [0.25, 0.3) is 10.2 Å². The SMILES string of the molecule is CNc1nc2c([N+](=O)[O-])cc(C)c(C)c2s1. The van der Waals surface area contributed by atoms with Crippen molar-refractivity contribution in [3.8, 4) is 0 Å². The molecule has 16 heavy (non-hydrogen) atoms. The predicted molar refractivity (Wildman–Crippen MR) is 65.3 cm³/mol. The Morgan fingerprint density at radius 1 is 1.50 bits per heavy atom. The number of hydrogen-bond acceptors (Lipinski definition) is 5. The maximum Gasteiger partial charge on any atom is 0.296 e. The van der Waals surface area contributed by atoms with Gasteiger partial charge >= 0.3 is 0 Å². The molecular formula is C10H11N3O2S. The van der Waals surface area contributed by atoms with Crippen LogP contribution in [0.4, 0.5) is 10.8 Å². The molecule has 84 valence electrons. The van der Waals surface area contributed by atoms with E-state index >= 15 is 0 Å². The lowest BCUT2D eigenvalue weighted by Crippen LogP contribution is -1.93. The normalized spacial score (nSPS) is 10.7. The highest BCUT2D eigenvalue weighted by atomic mass is 32.1. The van der Waals surface area contributed by atoms with Crippen molar-refractivity contribution in [2.24, 2.45) is 0 Å². The van der Waals surface area contributed by atoms with Crippen LogP contribution in [0.2, 0.25) is 0 Å². The van der Waals surface area contributed by atoms with E-state index in [4.69, 9.17) is 0 Å². The molecule has 6 heteroatoms. The quantitative estimate of drug-likeness (QED) is 0.644. The third-order valence-electron chi connectivity index (χ3n) is 2.57. The summed E-state index contributed by atoms with van der Waals surface area (Å²) in [5.41, 5.74) is 2.53. The van der Waals surface area contributed by atoms with E-state index in [1.165, 1.54) is 11.3 Å².